The summed E-state index contributed by atoms with van der Waals surface area (Å²) >= 11 is 0. The fourth-order valence-corrected chi connectivity index (χ4v) is 4.95. The zero-order valence-electron chi connectivity index (χ0n) is 22.3. The van der Waals surface area contributed by atoms with E-state index >= 15 is 0 Å². The molecule has 1 atom stereocenters. The van der Waals surface area contributed by atoms with Gasteiger partial charge in [0.1, 0.15) is 40.1 Å². The second kappa shape index (κ2) is 11.8. The Morgan fingerprint density at radius 3 is 2.55 bits per heavy atom. The van der Waals surface area contributed by atoms with Crippen molar-refractivity contribution >= 4 is 38.0 Å². The van der Waals surface area contributed by atoms with Crippen molar-refractivity contribution in [2.45, 2.75) is 12.7 Å². The lowest BCUT2D eigenvalue weighted by atomic mass is 10.0. The van der Waals surface area contributed by atoms with Gasteiger partial charge in [-0.25, -0.2) is 18.4 Å². The summed E-state index contributed by atoms with van der Waals surface area (Å²) in [5.41, 5.74) is 3.33. The van der Waals surface area contributed by atoms with Gasteiger partial charge in [0, 0.05) is 35.5 Å². The van der Waals surface area contributed by atoms with Gasteiger partial charge in [0.2, 0.25) is 5.78 Å². The number of sulfone groups is 1. The molecule has 40 heavy (non-hydrogen) atoms. The van der Waals surface area contributed by atoms with E-state index in [2.05, 4.69) is 15.3 Å². The Morgan fingerprint density at radius 1 is 1.02 bits per heavy atom. The number of anilines is 2. The van der Waals surface area contributed by atoms with Gasteiger partial charge in [0.25, 0.3) is 0 Å². The van der Waals surface area contributed by atoms with E-state index in [0.717, 1.165) is 27.9 Å². The Hall–Kier alpha value is -4.28. The van der Waals surface area contributed by atoms with E-state index in [1.54, 1.807) is 7.05 Å². The molecule has 1 aliphatic heterocycles. The topological polar surface area (TPSA) is 111 Å². The van der Waals surface area contributed by atoms with Crippen LogP contribution in [0.5, 0.6) is 5.75 Å². The van der Waals surface area contributed by atoms with Crippen LogP contribution in [0, 0.1) is 0 Å². The molecule has 9 nitrogen and oxygen atoms in total. The van der Waals surface area contributed by atoms with Crippen LogP contribution in [0.4, 0.5) is 11.5 Å². The first-order chi connectivity index (χ1) is 19.2. The third kappa shape index (κ3) is 7.02. The average Bonchev–Trinajstić information content (AvgIpc) is 3.31. The van der Waals surface area contributed by atoms with Crippen LogP contribution < -0.4 is 10.1 Å². The number of likely N-dealkylation sites (N-methyl/N-ethyl adjacent to an activating group) is 1. The third-order valence-electron chi connectivity index (χ3n) is 6.43. The molecular formula is C30H30N4O5S. The summed E-state index contributed by atoms with van der Waals surface area (Å²) in [6, 6.07) is 23.1. The molecule has 5 rings (SSSR count). The number of hydrogen-bond acceptors (Lipinski definition) is 9. The standard InChI is InChI=1S/C30H30N4O5S/c1-34(14-15-40(2,36)37)18-25-17-28(35)29(39-25)22-8-13-27-26(16-22)30(32-20-31-27)33-23-9-11-24(12-10-23)38-19-21-6-4-3-5-7-21/h3-13,16-17,20,29H,14-15,18-19H2,1-2H3,(H,31,32,33). The van der Waals surface area contributed by atoms with Crippen LogP contribution in [0.15, 0.2) is 91.0 Å². The monoisotopic (exact) mass is 558 g/mol. The molecule has 0 aliphatic carbocycles. The molecule has 1 N–H and O–H groups in total. The first-order valence-electron chi connectivity index (χ1n) is 12.8. The van der Waals surface area contributed by atoms with Crippen LogP contribution in [-0.4, -0.2) is 61.2 Å². The smallest absolute Gasteiger partial charge is 0.204 e. The van der Waals surface area contributed by atoms with Gasteiger partial charge in [-0.2, -0.15) is 0 Å². The highest BCUT2D eigenvalue weighted by Crippen LogP contribution is 2.32. The molecule has 1 aromatic heterocycles. The van der Waals surface area contributed by atoms with Crippen LogP contribution in [-0.2, 0) is 26.0 Å². The highest BCUT2D eigenvalue weighted by atomic mass is 32.2. The fourth-order valence-electron chi connectivity index (χ4n) is 4.31. The molecule has 206 valence electrons. The summed E-state index contributed by atoms with van der Waals surface area (Å²) < 4.78 is 34.8. The second-order valence-electron chi connectivity index (χ2n) is 9.80. The molecule has 0 fully saturated rings. The fraction of sp³-hybridized carbons (Fsp3) is 0.233. The minimum absolute atomic E-state index is 0.0397. The van der Waals surface area contributed by atoms with Gasteiger partial charge in [0.15, 0.2) is 6.10 Å². The lowest BCUT2D eigenvalue weighted by Crippen LogP contribution is -2.27. The number of benzene rings is 3. The molecule has 1 aliphatic rings. The Morgan fingerprint density at radius 2 is 1.80 bits per heavy atom. The number of ketones is 1. The zero-order chi connectivity index (χ0) is 28.1. The summed E-state index contributed by atoms with van der Waals surface area (Å²) in [6.45, 7) is 1.18. The van der Waals surface area contributed by atoms with Crippen LogP contribution in [0.3, 0.4) is 0 Å². The molecule has 10 heteroatoms. The molecule has 0 amide bonds. The van der Waals surface area contributed by atoms with Crippen LogP contribution >= 0.6 is 0 Å². The van der Waals surface area contributed by atoms with Crippen molar-refractivity contribution in [2.24, 2.45) is 0 Å². The minimum Gasteiger partial charge on any atom is -0.489 e. The molecule has 0 bridgehead atoms. The summed E-state index contributed by atoms with van der Waals surface area (Å²) in [6.07, 6.45) is 3.39. The largest absolute Gasteiger partial charge is 0.489 e. The Balaban J connectivity index is 1.26. The summed E-state index contributed by atoms with van der Waals surface area (Å²) in [7, 11) is -1.28. The molecule has 0 spiro atoms. The molecule has 0 radical (unpaired) electrons. The Bertz CT molecular complexity index is 1640. The maximum atomic E-state index is 12.8. The molecule has 2 heterocycles. The van der Waals surface area contributed by atoms with Gasteiger partial charge in [-0.05, 0) is 49.0 Å². The van der Waals surface area contributed by atoms with Crippen molar-refractivity contribution in [3.8, 4) is 5.75 Å². The van der Waals surface area contributed by atoms with E-state index < -0.39 is 15.9 Å². The van der Waals surface area contributed by atoms with Gasteiger partial charge in [-0.1, -0.05) is 36.4 Å². The normalized spacial score (nSPS) is 15.2. The SMILES string of the molecule is CN(CCS(C)(=O)=O)CC1=CC(=O)C(c2ccc3ncnc(Nc4ccc(OCc5ccccc5)cc4)c3c2)O1. The summed E-state index contributed by atoms with van der Waals surface area (Å²) in [4.78, 5) is 23.4. The van der Waals surface area contributed by atoms with E-state index in [4.69, 9.17) is 9.47 Å². The predicted octanol–water partition coefficient (Wildman–Crippen LogP) is 4.45. The number of aromatic nitrogens is 2. The van der Waals surface area contributed by atoms with Gasteiger partial charge in [0.05, 0.1) is 17.8 Å². The number of rotatable bonds is 11. The first-order valence-corrected chi connectivity index (χ1v) is 14.9. The van der Waals surface area contributed by atoms with E-state index in [-0.39, 0.29) is 11.5 Å². The number of carbonyl (C=O) groups is 1. The number of carbonyl (C=O) groups excluding carboxylic acids is 1. The molecule has 4 aromatic rings. The van der Waals surface area contributed by atoms with E-state index in [1.807, 2.05) is 77.7 Å². The Labute approximate surface area is 233 Å². The van der Waals surface area contributed by atoms with Gasteiger partial charge in [-0.3, -0.25) is 9.69 Å². The van der Waals surface area contributed by atoms with Crippen molar-refractivity contribution in [1.29, 1.82) is 0 Å². The first kappa shape index (κ1) is 27.3. The number of hydrogen-bond donors (Lipinski definition) is 1. The second-order valence-corrected chi connectivity index (χ2v) is 12.1. The number of fused-ring (bicyclic) bond motifs is 1. The third-order valence-corrected chi connectivity index (χ3v) is 7.35. The summed E-state index contributed by atoms with van der Waals surface area (Å²) in [5.74, 6) is 1.74. The van der Waals surface area contributed by atoms with Crippen LogP contribution in [0.25, 0.3) is 10.9 Å². The summed E-state index contributed by atoms with van der Waals surface area (Å²) in [5, 5.41) is 4.09. The lowest BCUT2D eigenvalue weighted by Gasteiger charge is -2.18. The van der Waals surface area contributed by atoms with Gasteiger partial charge < -0.3 is 14.8 Å². The number of nitrogens with zero attached hydrogens (tertiary/aromatic N) is 3. The van der Waals surface area contributed by atoms with Crippen molar-refractivity contribution < 1.29 is 22.7 Å². The van der Waals surface area contributed by atoms with E-state index in [0.29, 0.717) is 36.8 Å². The number of ether oxygens (including phenoxy) is 2. The molecule has 1 unspecified atom stereocenters. The van der Waals surface area contributed by atoms with Crippen molar-refractivity contribution in [3.63, 3.8) is 0 Å². The Kier molecular flexibility index (Phi) is 8.09. The van der Waals surface area contributed by atoms with Crippen molar-refractivity contribution in [3.05, 3.63) is 102 Å². The van der Waals surface area contributed by atoms with Gasteiger partial charge in [-0.15, -0.1) is 0 Å². The number of nitrogens with one attached hydrogen (secondary N) is 1. The van der Waals surface area contributed by atoms with E-state index in [9.17, 15) is 13.2 Å². The highest BCUT2D eigenvalue weighted by Gasteiger charge is 2.29. The molecule has 3 aromatic carbocycles. The molecular weight excluding hydrogens is 528 g/mol. The average molecular weight is 559 g/mol. The molecule has 0 saturated carbocycles. The quantitative estimate of drug-likeness (QED) is 0.285. The minimum atomic E-state index is -3.07. The van der Waals surface area contributed by atoms with Crippen LogP contribution in [0.2, 0.25) is 0 Å². The lowest BCUT2D eigenvalue weighted by molar-refractivity contribution is -0.120. The van der Waals surface area contributed by atoms with Crippen molar-refractivity contribution in [2.75, 3.05) is 37.5 Å². The van der Waals surface area contributed by atoms with Gasteiger partial charge >= 0.3 is 0 Å². The highest BCUT2D eigenvalue weighted by molar-refractivity contribution is 7.90. The maximum Gasteiger partial charge on any atom is 0.204 e. The zero-order valence-corrected chi connectivity index (χ0v) is 23.1. The predicted molar refractivity (Wildman–Crippen MR) is 154 cm³/mol. The maximum absolute atomic E-state index is 12.8. The molecule has 0 saturated heterocycles. The van der Waals surface area contributed by atoms with Crippen LogP contribution in [0.1, 0.15) is 17.2 Å². The van der Waals surface area contributed by atoms with E-state index in [1.165, 1.54) is 18.7 Å². The van der Waals surface area contributed by atoms with Crippen molar-refractivity contribution in [1.82, 2.24) is 14.9 Å².